The van der Waals surface area contributed by atoms with Gasteiger partial charge in [0.2, 0.25) is 5.91 Å². The maximum absolute atomic E-state index is 12.3. The van der Waals surface area contributed by atoms with Crippen LogP contribution in [0, 0.1) is 0 Å². The highest BCUT2D eigenvalue weighted by Crippen LogP contribution is 2.33. The van der Waals surface area contributed by atoms with Crippen LogP contribution in [0.2, 0.25) is 0 Å². The van der Waals surface area contributed by atoms with Crippen molar-refractivity contribution in [3.8, 4) is 0 Å². The van der Waals surface area contributed by atoms with Crippen molar-refractivity contribution in [3.63, 3.8) is 0 Å². The molecule has 0 spiro atoms. The Labute approximate surface area is 103 Å². The van der Waals surface area contributed by atoms with E-state index in [1.165, 1.54) is 6.92 Å². The van der Waals surface area contributed by atoms with E-state index in [0.29, 0.717) is 23.2 Å². The molecule has 0 unspecified atom stereocenters. The molecule has 1 aliphatic rings. The molecule has 1 heterocycles. The maximum atomic E-state index is 12.3. The molecule has 92 valence electrons. The van der Waals surface area contributed by atoms with E-state index < -0.39 is 5.76 Å². The van der Waals surface area contributed by atoms with Crippen LogP contribution in [-0.2, 0) is 11.2 Å². The average molecular weight is 257 g/mol. The van der Waals surface area contributed by atoms with Gasteiger partial charge < -0.3 is 4.90 Å². The lowest BCUT2D eigenvalue weighted by molar-refractivity contribution is -0.116. The summed E-state index contributed by atoms with van der Waals surface area (Å²) < 4.78 is 24.5. The molecule has 0 N–H and O–H groups in total. The molecule has 0 aliphatic carbocycles. The molecule has 0 atom stereocenters. The van der Waals surface area contributed by atoms with E-state index in [0.717, 1.165) is 24.1 Å². The Morgan fingerprint density at radius 2 is 2.24 bits per heavy atom. The number of nitrogens with zero attached hydrogens (tertiary/aromatic N) is 1. The number of hydrogen-bond acceptors (Lipinski definition) is 2. The zero-order valence-electron chi connectivity index (χ0n) is 9.45. The minimum absolute atomic E-state index is 0.000197. The highest BCUT2D eigenvalue weighted by Gasteiger charge is 2.20. The van der Waals surface area contributed by atoms with Gasteiger partial charge in [-0.1, -0.05) is 11.8 Å². The first-order valence-corrected chi connectivity index (χ1v) is 6.32. The number of alkyl halides is 2. The van der Waals surface area contributed by atoms with E-state index >= 15 is 0 Å². The van der Waals surface area contributed by atoms with Gasteiger partial charge in [0.1, 0.15) is 0 Å². The Kier molecular flexibility index (Phi) is 3.66. The standard InChI is InChI=1S/C12H13F2NOS/c1-8(16)15-6-2-3-9-7-10(17-12(13)14)4-5-11(9)15/h4-5,7,12H,2-3,6H2,1H3. The molecule has 17 heavy (non-hydrogen) atoms. The van der Waals surface area contributed by atoms with Crippen LogP contribution in [0.1, 0.15) is 18.9 Å². The zero-order valence-corrected chi connectivity index (χ0v) is 10.3. The van der Waals surface area contributed by atoms with E-state index in [2.05, 4.69) is 0 Å². The number of amides is 1. The molecule has 2 rings (SSSR count). The van der Waals surface area contributed by atoms with Crippen LogP contribution in [0.3, 0.4) is 0 Å². The summed E-state index contributed by atoms with van der Waals surface area (Å²) in [6, 6.07) is 5.18. The van der Waals surface area contributed by atoms with Crippen molar-refractivity contribution in [2.24, 2.45) is 0 Å². The summed E-state index contributed by atoms with van der Waals surface area (Å²) >= 11 is 0.544. The summed E-state index contributed by atoms with van der Waals surface area (Å²) in [5.41, 5.74) is 1.85. The van der Waals surface area contributed by atoms with E-state index in [1.54, 1.807) is 23.1 Å². The molecule has 1 aromatic carbocycles. The molecule has 1 aliphatic heterocycles. The van der Waals surface area contributed by atoms with Crippen LogP contribution in [-0.4, -0.2) is 18.2 Å². The van der Waals surface area contributed by atoms with Gasteiger partial charge in [0.25, 0.3) is 5.76 Å². The minimum atomic E-state index is -2.40. The second-order valence-corrected chi connectivity index (χ2v) is 5.01. The predicted molar refractivity (Wildman–Crippen MR) is 64.7 cm³/mol. The largest absolute Gasteiger partial charge is 0.312 e. The molecule has 0 radical (unpaired) electrons. The average Bonchev–Trinajstić information content (AvgIpc) is 2.26. The van der Waals surface area contributed by atoms with Crippen molar-refractivity contribution in [3.05, 3.63) is 23.8 Å². The highest BCUT2D eigenvalue weighted by molar-refractivity contribution is 7.99. The van der Waals surface area contributed by atoms with Crippen molar-refractivity contribution in [1.82, 2.24) is 0 Å². The fraction of sp³-hybridized carbons (Fsp3) is 0.417. The third kappa shape index (κ3) is 2.77. The number of aryl methyl sites for hydroxylation is 1. The molecule has 2 nitrogen and oxygen atoms in total. The number of carbonyl (C=O) groups is 1. The van der Waals surface area contributed by atoms with Gasteiger partial charge in [-0.05, 0) is 36.6 Å². The molecule has 0 bridgehead atoms. The summed E-state index contributed by atoms with van der Waals surface area (Å²) in [6.45, 7) is 2.24. The number of benzene rings is 1. The molecular formula is C12H13F2NOS. The second-order valence-electron chi connectivity index (χ2n) is 3.94. The van der Waals surface area contributed by atoms with Crippen LogP contribution < -0.4 is 4.90 Å². The van der Waals surface area contributed by atoms with Gasteiger partial charge in [-0.3, -0.25) is 4.79 Å². The molecule has 1 aromatic rings. The Balaban J connectivity index is 2.29. The fourth-order valence-electron chi connectivity index (χ4n) is 2.08. The number of anilines is 1. The summed E-state index contributed by atoms with van der Waals surface area (Å²) in [5.74, 6) is -2.40. The Bertz CT molecular complexity index is 437. The van der Waals surface area contributed by atoms with Crippen molar-refractivity contribution in [1.29, 1.82) is 0 Å². The Morgan fingerprint density at radius 3 is 2.88 bits per heavy atom. The minimum Gasteiger partial charge on any atom is -0.312 e. The molecule has 5 heteroatoms. The lowest BCUT2D eigenvalue weighted by atomic mass is 10.0. The predicted octanol–water partition coefficient (Wildman–Crippen LogP) is 3.30. The number of thioether (sulfide) groups is 1. The van der Waals surface area contributed by atoms with Gasteiger partial charge in [-0.25, -0.2) is 0 Å². The van der Waals surface area contributed by atoms with Crippen molar-refractivity contribution in [2.75, 3.05) is 11.4 Å². The third-order valence-corrected chi connectivity index (χ3v) is 3.48. The molecular weight excluding hydrogens is 244 g/mol. The SMILES string of the molecule is CC(=O)N1CCCc2cc(SC(F)F)ccc21. The number of carbonyl (C=O) groups excluding carboxylic acids is 1. The number of fused-ring (bicyclic) bond motifs is 1. The van der Waals surface area contributed by atoms with Crippen molar-refractivity contribution in [2.45, 2.75) is 30.4 Å². The quantitative estimate of drug-likeness (QED) is 0.758. The molecule has 1 amide bonds. The monoisotopic (exact) mass is 257 g/mol. The smallest absolute Gasteiger partial charge is 0.288 e. The lowest BCUT2D eigenvalue weighted by Gasteiger charge is -2.28. The summed E-state index contributed by atoms with van der Waals surface area (Å²) in [6.07, 6.45) is 1.73. The van der Waals surface area contributed by atoms with Crippen molar-refractivity contribution < 1.29 is 13.6 Å². The Hall–Kier alpha value is -1.10. The van der Waals surface area contributed by atoms with Gasteiger partial charge in [-0.15, -0.1) is 0 Å². The highest BCUT2D eigenvalue weighted by atomic mass is 32.2. The van der Waals surface area contributed by atoms with Gasteiger partial charge >= 0.3 is 0 Å². The lowest BCUT2D eigenvalue weighted by Crippen LogP contribution is -2.33. The topological polar surface area (TPSA) is 20.3 Å². The van der Waals surface area contributed by atoms with Gasteiger partial charge in [0.05, 0.1) is 0 Å². The number of halogens is 2. The van der Waals surface area contributed by atoms with E-state index in [-0.39, 0.29) is 5.91 Å². The first kappa shape index (κ1) is 12.4. The van der Waals surface area contributed by atoms with E-state index in [1.807, 2.05) is 0 Å². The fourth-order valence-corrected chi connectivity index (χ4v) is 2.64. The molecule has 0 aromatic heterocycles. The zero-order chi connectivity index (χ0) is 12.4. The van der Waals surface area contributed by atoms with Crippen molar-refractivity contribution >= 4 is 23.4 Å². The third-order valence-electron chi connectivity index (χ3n) is 2.77. The van der Waals surface area contributed by atoms with E-state index in [4.69, 9.17) is 0 Å². The molecule has 0 saturated carbocycles. The van der Waals surface area contributed by atoms with Gasteiger partial charge in [-0.2, -0.15) is 8.78 Å². The van der Waals surface area contributed by atoms with Crippen LogP contribution in [0.5, 0.6) is 0 Å². The Morgan fingerprint density at radius 1 is 1.47 bits per heavy atom. The number of rotatable bonds is 2. The molecule has 0 fully saturated rings. The van der Waals surface area contributed by atoms with Crippen LogP contribution >= 0.6 is 11.8 Å². The normalized spacial score (nSPS) is 14.9. The van der Waals surface area contributed by atoms with Crippen LogP contribution in [0.4, 0.5) is 14.5 Å². The maximum Gasteiger partial charge on any atom is 0.288 e. The second kappa shape index (κ2) is 5.04. The summed E-state index contributed by atoms with van der Waals surface area (Å²) in [7, 11) is 0. The first-order chi connectivity index (χ1) is 8.08. The van der Waals surface area contributed by atoms with Crippen LogP contribution in [0.25, 0.3) is 0 Å². The molecule has 0 saturated heterocycles. The summed E-state index contributed by atoms with van der Waals surface area (Å²) in [4.78, 5) is 13.7. The van der Waals surface area contributed by atoms with Gasteiger partial charge in [0.15, 0.2) is 0 Å². The number of hydrogen-bond donors (Lipinski definition) is 0. The van der Waals surface area contributed by atoms with E-state index in [9.17, 15) is 13.6 Å². The summed E-state index contributed by atoms with van der Waals surface area (Å²) in [5, 5.41) is 0. The first-order valence-electron chi connectivity index (χ1n) is 5.44. The van der Waals surface area contributed by atoms with Crippen LogP contribution in [0.15, 0.2) is 23.1 Å². The van der Waals surface area contributed by atoms with Gasteiger partial charge in [0, 0.05) is 24.1 Å².